The van der Waals surface area contributed by atoms with Crippen molar-refractivity contribution >= 4 is 11.3 Å². The Morgan fingerprint density at radius 2 is 2.28 bits per heavy atom. The van der Waals surface area contributed by atoms with Gasteiger partial charge in [-0.15, -0.1) is 0 Å². The molecule has 0 aromatic carbocycles. The first-order valence-corrected chi connectivity index (χ1v) is 7.91. The summed E-state index contributed by atoms with van der Waals surface area (Å²) in [6, 6.07) is 2.93. The molecule has 0 radical (unpaired) electrons. The Hall–Kier alpha value is -0.380. The van der Waals surface area contributed by atoms with E-state index >= 15 is 0 Å². The molecule has 1 aliphatic heterocycles. The molecule has 3 heteroatoms. The molecule has 1 aliphatic rings. The highest BCUT2D eigenvalue weighted by Crippen LogP contribution is 2.22. The standard InChI is InChI=1S/C15H26N2S/c1-12(2)7-14-8-16-15(3,4)11-17(14)9-13-5-6-18-10-13/h5-6,10,12,14,16H,7-9,11H2,1-4H3. The van der Waals surface area contributed by atoms with Gasteiger partial charge in [-0.2, -0.15) is 11.3 Å². The predicted molar refractivity (Wildman–Crippen MR) is 80.1 cm³/mol. The molecule has 0 saturated carbocycles. The Bertz CT molecular complexity index is 357. The summed E-state index contributed by atoms with van der Waals surface area (Å²) in [5.74, 6) is 0.767. The van der Waals surface area contributed by atoms with Crippen LogP contribution in [0.2, 0.25) is 0 Å². The Balaban J connectivity index is 2.04. The predicted octanol–water partition coefficient (Wildman–Crippen LogP) is 3.35. The molecule has 1 saturated heterocycles. The van der Waals surface area contributed by atoms with Crippen LogP contribution in [0.15, 0.2) is 16.8 Å². The van der Waals surface area contributed by atoms with Gasteiger partial charge in [0.15, 0.2) is 0 Å². The van der Waals surface area contributed by atoms with Gasteiger partial charge in [0.2, 0.25) is 0 Å². The number of thiophene rings is 1. The van der Waals surface area contributed by atoms with E-state index in [2.05, 4.69) is 54.7 Å². The molecule has 0 bridgehead atoms. The fourth-order valence-corrected chi connectivity index (χ4v) is 3.45. The van der Waals surface area contributed by atoms with Crippen molar-refractivity contribution in [3.8, 4) is 0 Å². The van der Waals surface area contributed by atoms with Crippen molar-refractivity contribution in [2.45, 2.75) is 52.2 Å². The van der Waals surface area contributed by atoms with Gasteiger partial charge in [-0.1, -0.05) is 13.8 Å². The summed E-state index contributed by atoms with van der Waals surface area (Å²) in [6.45, 7) is 12.6. The molecule has 1 aromatic rings. The minimum Gasteiger partial charge on any atom is -0.309 e. The average molecular weight is 266 g/mol. The van der Waals surface area contributed by atoms with E-state index in [9.17, 15) is 0 Å². The molecule has 1 aromatic heterocycles. The number of hydrogen-bond acceptors (Lipinski definition) is 3. The van der Waals surface area contributed by atoms with E-state index in [1.54, 1.807) is 11.3 Å². The van der Waals surface area contributed by atoms with Crippen molar-refractivity contribution in [3.63, 3.8) is 0 Å². The Labute approximate surface area is 115 Å². The highest BCUT2D eigenvalue weighted by atomic mass is 32.1. The van der Waals surface area contributed by atoms with Gasteiger partial charge in [-0.05, 0) is 48.6 Å². The molecule has 1 atom stereocenters. The largest absolute Gasteiger partial charge is 0.309 e. The third kappa shape index (κ3) is 3.81. The summed E-state index contributed by atoms with van der Waals surface area (Å²) in [5.41, 5.74) is 1.70. The maximum atomic E-state index is 3.68. The maximum Gasteiger partial charge on any atom is 0.0253 e. The second-order valence-electron chi connectivity index (χ2n) is 6.58. The van der Waals surface area contributed by atoms with E-state index in [1.165, 1.54) is 12.0 Å². The first kappa shape index (κ1) is 14.0. The molecule has 1 N–H and O–H groups in total. The molecule has 0 amide bonds. The summed E-state index contributed by atoms with van der Waals surface area (Å²) in [7, 11) is 0. The second-order valence-corrected chi connectivity index (χ2v) is 7.36. The SMILES string of the molecule is CC(C)CC1CNC(C)(C)CN1Cc1ccsc1. The summed E-state index contributed by atoms with van der Waals surface area (Å²) >= 11 is 1.80. The molecular weight excluding hydrogens is 240 g/mol. The van der Waals surface area contributed by atoms with Crippen LogP contribution in [-0.4, -0.2) is 29.6 Å². The molecule has 0 aliphatic carbocycles. The monoisotopic (exact) mass is 266 g/mol. The second kappa shape index (κ2) is 5.72. The molecule has 2 rings (SSSR count). The van der Waals surface area contributed by atoms with Gasteiger partial charge in [-0.25, -0.2) is 0 Å². The molecule has 1 fully saturated rings. The van der Waals surface area contributed by atoms with E-state index in [-0.39, 0.29) is 5.54 Å². The Morgan fingerprint density at radius 3 is 2.89 bits per heavy atom. The van der Waals surface area contributed by atoms with Crippen molar-refractivity contribution in [2.24, 2.45) is 5.92 Å². The lowest BCUT2D eigenvalue weighted by molar-refractivity contribution is 0.0761. The zero-order valence-corrected chi connectivity index (χ0v) is 12.9. The van der Waals surface area contributed by atoms with Crippen molar-refractivity contribution in [1.82, 2.24) is 10.2 Å². The average Bonchev–Trinajstić information content (AvgIpc) is 2.74. The van der Waals surface area contributed by atoms with Gasteiger partial charge in [0.1, 0.15) is 0 Å². The quantitative estimate of drug-likeness (QED) is 0.899. The van der Waals surface area contributed by atoms with Gasteiger partial charge >= 0.3 is 0 Å². The van der Waals surface area contributed by atoms with E-state index in [4.69, 9.17) is 0 Å². The smallest absolute Gasteiger partial charge is 0.0253 e. The normalized spacial score (nSPS) is 24.6. The van der Waals surface area contributed by atoms with Gasteiger partial charge in [0, 0.05) is 31.2 Å². The minimum atomic E-state index is 0.240. The summed E-state index contributed by atoms with van der Waals surface area (Å²) in [4.78, 5) is 2.67. The van der Waals surface area contributed by atoms with Crippen molar-refractivity contribution < 1.29 is 0 Å². The molecule has 1 unspecified atom stereocenters. The third-order valence-electron chi connectivity index (χ3n) is 3.64. The summed E-state index contributed by atoms with van der Waals surface area (Å²) in [6.07, 6.45) is 1.28. The van der Waals surface area contributed by atoms with E-state index < -0.39 is 0 Å². The van der Waals surface area contributed by atoms with Crippen LogP contribution in [0.25, 0.3) is 0 Å². The van der Waals surface area contributed by atoms with Gasteiger partial charge in [0.25, 0.3) is 0 Å². The lowest BCUT2D eigenvalue weighted by atomic mass is 9.93. The summed E-state index contributed by atoms with van der Waals surface area (Å²) < 4.78 is 0. The number of nitrogens with zero attached hydrogens (tertiary/aromatic N) is 1. The molecule has 102 valence electrons. The Kier molecular flexibility index (Phi) is 4.46. The van der Waals surface area contributed by atoms with Gasteiger partial charge in [-0.3, -0.25) is 4.90 Å². The third-order valence-corrected chi connectivity index (χ3v) is 4.37. The van der Waals surface area contributed by atoms with Crippen LogP contribution < -0.4 is 5.32 Å². The topological polar surface area (TPSA) is 15.3 Å². The van der Waals surface area contributed by atoms with Gasteiger partial charge < -0.3 is 5.32 Å². The van der Waals surface area contributed by atoms with Gasteiger partial charge in [0.05, 0.1) is 0 Å². The molecule has 18 heavy (non-hydrogen) atoms. The van der Waals surface area contributed by atoms with Crippen molar-refractivity contribution in [3.05, 3.63) is 22.4 Å². The van der Waals surface area contributed by atoms with E-state index in [0.717, 1.165) is 25.6 Å². The minimum absolute atomic E-state index is 0.240. The highest BCUT2D eigenvalue weighted by Gasteiger charge is 2.32. The lowest BCUT2D eigenvalue weighted by Gasteiger charge is -2.45. The first-order chi connectivity index (χ1) is 8.46. The van der Waals surface area contributed by atoms with Crippen LogP contribution in [0.5, 0.6) is 0 Å². The van der Waals surface area contributed by atoms with Crippen LogP contribution >= 0.6 is 11.3 Å². The fraction of sp³-hybridized carbons (Fsp3) is 0.733. The summed E-state index contributed by atoms with van der Waals surface area (Å²) in [5, 5.41) is 8.14. The van der Waals surface area contributed by atoms with Crippen LogP contribution in [0.3, 0.4) is 0 Å². The number of rotatable bonds is 4. The highest BCUT2D eigenvalue weighted by molar-refractivity contribution is 7.07. The molecule has 0 spiro atoms. The molecule has 2 heterocycles. The first-order valence-electron chi connectivity index (χ1n) is 6.96. The zero-order valence-electron chi connectivity index (χ0n) is 12.1. The maximum absolute atomic E-state index is 3.68. The number of hydrogen-bond donors (Lipinski definition) is 1. The van der Waals surface area contributed by atoms with E-state index in [0.29, 0.717) is 6.04 Å². The fourth-order valence-electron chi connectivity index (χ4n) is 2.79. The Morgan fingerprint density at radius 1 is 1.50 bits per heavy atom. The molecule has 2 nitrogen and oxygen atoms in total. The number of nitrogens with one attached hydrogen (secondary N) is 1. The zero-order chi connectivity index (χ0) is 13.2. The molecular formula is C15H26N2S. The van der Waals surface area contributed by atoms with Crippen LogP contribution in [0.4, 0.5) is 0 Å². The van der Waals surface area contributed by atoms with Crippen LogP contribution in [0.1, 0.15) is 39.7 Å². The van der Waals surface area contributed by atoms with E-state index in [1.807, 2.05) is 0 Å². The lowest BCUT2D eigenvalue weighted by Crippen LogP contribution is -2.61. The number of piperazine rings is 1. The van der Waals surface area contributed by atoms with Crippen LogP contribution in [0, 0.1) is 5.92 Å². The van der Waals surface area contributed by atoms with Crippen molar-refractivity contribution in [1.29, 1.82) is 0 Å². The van der Waals surface area contributed by atoms with Crippen LogP contribution in [-0.2, 0) is 6.54 Å². The van der Waals surface area contributed by atoms with Crippen molar-refractivity contribution in [2.75, 3.05) is 13.1 Å².